The van der Waals surface area contributed by atoms with Crippen molar-refractivity contribution in [3.63, 3.8) is 0 Å². The minimum Gasteiger partial charge on any atom is -0.394 e. The molecule has 11 heteroatoms. The van der Waals surface area contributed by atoms with Crippen molar-refractivity contribution in [1.29, 1.82) is 0 Å². The number of fused-ring (bicyclic) bond motifs is 1. The Morgan fingerprint density at radius 3 is 2.71 bits per heavy atom. The van der Waals surface area contributed by atoms with Crippen LogP contribution < -0.4 is 10.6 Å². The average molecular weight is 509 g/mol. The second kappa shape index (κ2) is 9.68. The number of hydrogen-bond acceptors (Lipinski definition) is 10. The van der Waals surface area contributed by atoms with E-state index in [-0.39, 0.29) is 18.4 Å². The van der Waals surface area contributed by atoms with Gasteiger partial charge in [-0.15, -0.1) is 10.2 Å². The highest BCUT2D eigenvalue weighted by atomic mass is 32.2. The topological polar surface area (TPSA) is 130 Å². The quantitative estimate of drug-likeness (QED) is 0.340. The van der Waals surface area contributed by atoms with Gasteiger partial charge in [0.1, 0.15) is 10.8 Å². The normalized spacial score (nSPS) is 15.3. The van der Waals surface area contributed by atoms with Gasteiger partial charge in [0.2, 0.25) is 5.95 Å². The van der Waals surface area contributed by atoms with Crippen molar-refractivity contribution in [1.82, 2.24) is 20.2 Å². The van der Waals surface area contributed by atoms with Gasteiger partial charge in [-0.3, -0.25) is 0 Å². The number of sulfone groups is 1. The summed E-state index contributed by atoms with van der Waals surface area (Å²) in [6, 6.07) is 14.4. The molecule has 0 fully saturated rings. The monoisotopic (exact) mass is 508 g/mol. The van der Waals surface area contributed by atoms with Crippen LogP contribution in [-0.4, -0.2) is 46.0 Å². The summed E-state index contributed by atoms with van der Waals surface area (Å²) >= 11 is 1.43. The first-order valence-electron chi connectivity index (χ1n) is 11.2. The molecule has 1 aliphatic rings. The number of benzene rings is 2. The summed E-state index contributed by atoms with van der Waals surface area (Å²) in [6.07, 6.45) is 2.99. The van der Waals surface area contributed by atoms with Gasteiger partial charge >= 0.3 is 0 Å². The fraction of sp³-hybridized carbons (Fsp3) is 0.250. The van der Waals surface area contributed by atoms with Crippen LogP contribution in [0.15, 0.2) is 59.6 Å². The molecule has 0 bridgehead atoms. The van der Waals surface area contributed by atoms with E-state index in [4.69, 9.17) is 0 Å². The molecule has 180 valence electrons. The molecule has 0 radical (unpaired) electrons. The molecule has 9 nitrogen and oxygen atoms in total. The average Bonchev–Trinajstić information content (AvgIpc) is 3.29. The number of hydrogen-bond donors (Lipinski definition) is 3. The Labute approximate surface area is 207 Å². The first-order chi connectivity index (χ1) is 16.9. The van der Waals surface area contributed by atoms with E-state index in [2.05, 4.69) is 30.8 Å². The van der Waals surface area contributed by atoms with Crippen molar-refractivity contribution in [2.45, 2.75) is 30.7 Å². The van der Waals surface area contributed by atoms with Crippen molar-refractivity contribution >= 4 is 38.6 Å². The van der Waals surface area contributed by atoms with Crippen LogP contribution in [0.25, 0.3) is 10.6 Å². The number of anilines is 3. The lowest BCUT2D eigenvalue weighted by atomic mass is 10.1. The first kappa shape index (κ1) is 23.3. The third-order valence-electron chi connectivity index (χ3n) is 5.75. The predicted molar refractivity (Wildman–Crippen MR) is 136 cm³/mol. The van der Waals surface area contributed by atoms with Crippen molar-refractivity contribution in [2.24, 2.45) is 0 Å². The van der Waals surface area contributed by atoms with Crippen LogP contribution in [0.1, 0.15) is 28.6 Å². The standard InChI is InChI=1S/C24H24N6O3S2/c1-15-29-30-23(34-15)19-13-25-24(28-22(19)27-20(14-31)16-6-3-2-4-7-16)26-18-9-10-21-17(12-18)8-5-11-35(21,32)33/h2-4,6-7,9-10,12-13,20,31H,5,8,11,14H2,1H3,(H2,25,26,27,28)/t20-/m1/s1. The zero-order valence-electron chi connectivity index (χ0n) is 19.0. The number of aromatic nitrogens is 4. The molecule has 35 heavy (non-hydrogen) atoms. The molecule has 1 aliphatic heterocycles. The SMILES string of the molecule is Cc1nnc(-c2cnc(Nc3ccc4c(c3)CCCS4(=O)=O)nc2N[C@H](CO)c2ccccc2)s1. The fourth-order valence-electron chi connectivity index (χ4n) is 4.05. The van der Waals surface area contributed by atoms with Crippen LogP contribution in [-0.2, 0) is 16.3 Å². The van der Waals surface area contributed by atoms with Gasteiger partial charge in [-0.25, -0.2) is 13.4 Å². The van der Waals surface area contributed by atoms with Gasteiger partial charge in [0.05, 0.1) is 28.9 Å². The minimum absolute atomic E-state index is 0.134. The Morgan fingerprint density at radius 2 is 1.97 bits per heavy atom. The van der Waals surface area contributed by atoms with Crippen molar-refractivity contribution in [3.8, 4) is 10.6 Å². The summed E-state index contributed by atoms with van der Waals surface area (Å²) in [5, 5.41) is 26.4. The lowest BCUT2D eigenvalue weighted by molar-refractivity contribution is 0.276. The second-order valence-electron chi connectivity index (χ2n) is 8.24. The maximum atomic E-state index is 12.3. The van der Waals surface area contributed by atoms with Gasteiger partial charge in [0, 0.05) is 11.9 Å². The molecule has 3 heterocycles. The molecule has 0 saturated heterocycles. The minimum atomic E-state index is -3.22. The first-order valence-corrected chi connectivity index (χ1v) is 13.6. The van der Waals surface area contributed by atoms with Gasteiger partial charge in [0.15, 0.2) is 14.8 Å². The molecule has 2 aromatic heterocycles. The van der Waals surface area contributed by atoms with Gasteiger partial charge in [-0.2, -0.15) is 4.98 Å². The summed E-state index contributed by atoms with van der Waals surface area (Å²) in [4.78, 5) is 9.54. The molecular weight excluding hydrogens is 484 g/mol. The summed E-state index contributed by atoms with van der Waals surface area (Å²) in [6.45, 7) is 1.74. The maximum Gasteiger partial charge on any atom is 0.229 e. The Morgan fingerprint density at radius 1 is 1.14 bits per heavy atom. The van der Waals surface area contributed by atoms with E-state index >= 15 is 0 Å². The zero-order chi connectivity index (χ0) is 24.4. The summed E-state index contributed by atoms with van der Waals surface area (Å²) < 4.78 is 24.7. The third-order valence-corrected chi connectivity index (χ3v) is 8.52. The molecule has 4 aromatic rings. The molecule has 1 atom stereocenters. The molecule has 0 saturated carbocycles. The van der Waals surface area contributed by atoms with E-state index in [9.17, 15) is 13.5 Å². The largest absolute Gasteiger partial charge is 0.394 e. The van der Waals surface area contributed by atoms with Crippen LogP contribution in [0.5, 0.6) is 0 Å². The summed E-state index contributed by atoms with van der Waals surface area (Å²) in [5.41, 5.74) is 3.09. The van der Waals surface area contributed by atoms with E-state index in [0.717, 1.165) is 16.1 Å². The van der Waals surface area contributed by atoms with Gasteiger partial charge < -0.3 is 15.7 Å². The highest BCUT2D eigenvalue weighted by Crippen LogP contribution is 2.33. The number of aryl methyl sites for hydroxylation is 2. The molecule has 0 unspecified atom stereocenters. The van der Waals surface area contributed by atoms with Gasteiger partial charge in [0.25, 0.3) is 0 Å². The number of nitrogens with one attached hydrogen (secondary N) is 2. The van der Waals surface area contributed by atoms with E-state index in [0.29, 0.717) is 45.8 Å². The Kier molecular flexibility index (Phi) is 6.46. The summed E-state index contributed by atoms with van der Waals surface area (Å²) in [7, 11) is -3.22. The molecule has 2 aromatic carbocycles. The van der Waals surface area contributed by atoms with Gasteiger partial charge in [-0.05, 0) is 49.1 Å². The van der Waals surface area contributed by atoms with E-state index in [1.54, 1.807) is 18.3 Å². The number of aliphatic hydroxyl groups is 1. The van der Waals surface area contributed by atoms with Crippen LogP contribution in [0.3, 0.4) is 0 Å². The number of rotatable bonds is 7. The Hall–Kier alpha value is -3.41. The molecule has 0 amide bonds. The predicted octanol–water partition coefficient (Wildman–Crippen LogP) is 3.91. The molecule has 0 aliphatic carbocycles. The molecule has 0 spiro atoms. The van der Waals surface area contributed by atoms with Crippen LogP contribution in [0.2, 0.25) is 0 Å². The van der Waals surface area contributed by atoms with Gasteiger partial charge in [-0.1, -0.05) is 41.7 Å². The Bertz CT molecular complexity index is 1460. The van der Waals surface area contributed by atoms with Crippen LogP contribution in [0, 0.1) is 6.92 Å². The second-order valence-corrected chi connectivity index (χ2v) is 11.5. The van der Waals surface area contributed by atoms with Crippen molar-refractivity contribution in [2.75, 3.05) is 23.0 Å². The Balaban J connectivity index is 1.49. The summed E-state index contributed by atoms with van der Waals surface area (Å²) in [5.74, 6) is 1.02. The number of nitrogens with zero attached hydrogens (tertiary/aromatic N) is 4. The molecule has 3 N–H and O–H groups in total. The molecule has 5 rings (SSSR count). The smallest absolute Gasteiger partial charge is 0.229 e. The van der Waals surface area contributed by atoms with Crippen LogP contribution >= 0.6 is 11.3 Å². The number of aliphatic hydroxyl groups excluding tert-OH is 1. The van der Waals surface area contributed by atoms with E-state index < -0.39 is 9.84 Å². The van der Waals surface area contributed by atoms with Crippen molar-refractivity contribution < 1.29 is 13.5 Å². The third kappa shape index (κ3) is 5.02. The van der Waals surface area contributed by atoms with Crippen LogP contribution in [0.4, 0.5) is 17.5 Å². The fourth-order valence-corrected chi connectivity index (χ4v) is 6.33. The van der Waals surface area contributed by atoms with E-state index in [1.165, 1.54) is 11.3 Å². The highest BCUT2D eigenvalue weighted by molar-refractivity contribution is 7.91. The maximum absolute atomic E-state index is 12.3. The lowest BCUT2D eigenvalue weighted by Gasteiger charge is -2.20. The lowest BCUT2D eigenvalue weighted by Crippen LogP contribution is -2.17. The highest BCUT2D eigenvalue weighted by Gasteiger charge is 2.24. The zero-order valence-corrected chi connectivity index (χ0v) is 20.6. The van der Waals surface area contributed by atoms with Crippen molar-refractivity contribution in [3.05, 3.63) is 70.9 Å². The molecular formula is C24H24N6O3S2. The van der Waals surface area contributed by atoms with E-state index in [1.807, 2.05) is 43.3 Å².